The van der Waals surface area contributed by atoms with Gasteiger partial charge in [0.05, 0.1) is 0 Å². The summed E-state index contributed by atoms with van der Waals surface area (Å²) < 4.78 is 29.4. The smallest absolute Gasteiger partial charge is 0.155 e. The fourth-order valence-electron chi connectivity index (χ4n) is 1.15. The van der Waals surface area contributed by atoms with Gasteiger partial charge in [-0.05, 0) is 24.6 Å². The molecule has 0 aromatic heterocycles. The van der Waals surface area contributed by atoms with Crippen LogP contribution >= 0.6 is 0 Å². The van der Waals surface area contributed by atoms with Gasteiger partial charge in [0.15, 0.2) is 6.10 Å². The fraction of sp³-hybridized carbons (Fsp3) is 0.455. The van der Waals surface area contributed by atoms with Crippen LogP contribution in [0.5, 0.6) is 5.75 Å². The molecule has 2 nitrogen and oxygen atoms in total. The van der Waals surface area contributed by atoms with Crippen molar-refractivity contribution in [1.29, 1.82) is 0 Å². The second-order valence-corrected chi connectivity index (χ2v) is 3.41. The minimum atomic E-state index is -1.01. The first-order valence-corrected chi connectivity index (χ1v) is 4.81. The Labute approximate surface area is 88.0 Å². The third kappa shape index (κ3) is 3.47. The number of rotatable bonds is 5. The van der Waals surface area contributed by atoms with Gasteiger partial charge < -0.3 is 10.5 Å². The number of nitrogens with two attached hydrogens (primary N) is 1. The Hall–Kier alpha value is -1.16. The monoisotopic (exact) mass is 215 g/mol. The van der Waals surface area contributed by atoms with Crippen molar-refractivity contribution in [2.24, 2.45) is 5.73 Å². The molecule has 15 heavy (non-hydrogen) atoms. The molecule has 0 spiro atoms. The van der Waals surface area contributed by atoms with Crippen molar-refractivity contribution in [3.63, 3.8) is 0 Å². The predicted molar refractivity (Wildman–Crippen MR) is 55.4 cm³/mol. The van der Waals surface area contributed by atoms with Gasteiger partial charge in [-0.2, -0.15) is 0 Å². The molecule has 0 aliphatic rings. The maximum atomic E-state index is 12.2. The van der Waals surface area contributed by atoms with Crippen LogP contribution < -0.4 is 10.5 Å². The highest BCUT2D eigenvalue weighted by atomic mass is 19.1. The van der Waals surface area contributed by atoms with Crippen LogP contribution in [0.1, 0.15) is 18.5 Å². The van der Waals surface area contributed by atoms with E-state index in [1.165, 1.54) is 0 Å². The summed E-state index contributed by atoms with van der Waals surface area (Å²) in [5, 5.41) is 0. The van der Waals surface area contributed by atoms with Crippen molar-refractivity contribution < 1.29 is 13.5 Å². The van der Waals surface area contributed by atoms with Gasteiger partial charge in [0.2, 0.25) is 0 Å². The summed E-state index contributed by atoms with van der Waals surface area (Å²) in [7, 11) is 0. The average molecular weight is 215 g/mol. The summed E-state index contributed by atoms with van der Waals surface area (Å²) in [6.07, 6.45) is -1.01. The zero-order valence-corrected chi connectivity index (χ0v) is 8.62. The van der Waals surface area contributed by atoms with E-state index >= 15 is 0 Å². The highest BCUT2D eigenvalue weighted by Crippen LogP contribution is 2.17. The van der Waals surface area contributed by atoms with Crippen LogP contribution in [0.2, 0.25) is 0 Å². The highest BCUT2D eigenvalue weighted by molar-refractivity contribution is 5.28. The standard InChI is InChI=1S/C11H15F2NO/c1-8(14)9-2-4-10(5-3-9)15-11(6-12)7-13/h2-5,8,11H,6-7,14H2,1H3. The predicted octanol–water partition coefficient (Wildman–Crippen LogP) is 2.39. The van der Waals surface area contributed by atoms with Crippen LogP contribution in [-0.2, 0) is 0 Å². The van der Waals surface area contributed by atoms with E-state index < -0.39 is 19.5 Å². The molecule has 2 N–H and O–H groups in total. The fourth-order valence-corrected chi connectivity index (χ4v) is 1.15. The van der Waals surface area contributed by atoms with Gasteiger partial charge in [-0.1, -0.05) is 12.1 Å². The third-order valence-corrected chi connectivity index (χ3v) is 2.05. The second kappa shape index (κ2) is 5.66. The number of halogens is 2. The lowest BCUT2D eigenvalue weighted by molar-refractivity contribution is 0.133. The summed E-state index contributed by atoms with van der Waals surface area (Å²) in [6, 6.07) is 6.84. The average Bonchev–Trinajstić information content (AvgIpc) is 2.26. The number of alkyl halides is 2. The first-order chi connectivity index (χ1) is 7.17. The molecule has 1 unspecified atom stereocenters. The molecule has 0 aliphatic carbocycles. The van der Waals surface area contributed by atoms with Crippen molar-refractivity contribution in [2.45, 2.75) is 19.1 Å². The molecule has 0 radical (unpaired) electrons. The zero-order chi connectivity index (χ0) is 11.3. The molecule has 1 aromatic carbocycles. The van der Waals surface area contributed by atoms with E-state index in [1.54, 1.807) is 24.3 Å². The minimum Gasteiger partial charge on any atom is -0.485 e. The Balaban J connectivity index is 2.63. The SMILES string of the molecule is CC(N)c1ccc(OC(CF)CF)cc1. The lowest BCUT2D eigenvalue weighted by atomic mass is 10.1. The molecule has 0 saturated carbocycles. The van der Waals surface area contributed by atoms with Crippen LogP contribution in [0, 0.1) is 0 Å². The topological polar surface area (TPSA) is 35.2 Å². The molecule has 0 fully saturated rings. The molecule has 84 valence electrons. The lowest BCUT2D eigenvalue weighted by Crippen LogP contribution is -2.21. The van der Waals surface area contributed by atoms with Gasteiger partial charge in [-0.15, -0.1) is 0 Å². The van der Waals surface area contributed by atoms with Gasteiger partial charge in [0.25, 0.3) is 0 Å². The molecule has 0 aliphatic heterocycles. The van der Waals surface area contributed by atoms with Gasteiger partial charge in [-0.25, -0.2) is 8.78 Å². The van der Waals surface area contributed by atoms with Gasteiger partial charge >= 0.3 is 0 Å². The molecular weight excluding hydrogens is 200 g/mol. The van der Waals surface area contributed by atoms with Gasteiger partial charge in [0.1, 0.15) is 19.1 Å². The first kappa shape index (κ1) is 11.9. The Morgan fingerprint density at radius 1 is 1.20 bits per heavy atom. The summed E-state index contributed by atoms with van der Waals surface area (Å²) in [5.74, 6) is 0.458. The number of ether oxygens (including phenoxy) is 1. The van der Waals surface area contributed by atoms with E-state index in [4.69, 9.17) is 10.5 Å². The molecule has 0 bridgehead atoms. The van der Waals surface area contributed by atoms with Crippen molar-refractivity contribution in [1.82, 2.24) is 0 Å². The molecular formula is C11H15F2NO. The number of hydrogen-bond acceptors (Lipinski definition) is 2. The first-order valence-electron chi connectivity index (χ1n) is 4.81. The Morgan fingerprint density at radius 3 is 2.13 bits per heavy atom. The van der Waals surface area contributed by atoms with E-state index in [2.05, 4.69) is 0 Å². The molecule has 0 amide bonds. The van der Waals surface area contributed by atoms with Crippen LogP contribution in [0.25, 0.3) is 0 Å². The zero-order valence-electron chi connectivity index (χ0n) is 8.62. The van der Waals surface area contributed by atoms with Crippen LogP contribution in [0.15, 0.2) is 24.3 Å². The van der Waals surface area contributed by atoms with Crippen LogP contribution in [0.3, 0.4) is 0 Å². The maximum absolute atomic E-state index is 12.2. The summed E-state index contributed by atoms with van der Waals surface area (Å²) >= 11 is 0. The maximum Gasteiger partial charge on any atom is 0.155 e. The van der Waals surface area contributed by atoms with Crippen molar-refractivity contribution in [2.75, 3.05) is 13.3 Å². The largest absolute Gasteiger partial charge is 0.485 e. The number of hydrogen-bond donors (Lipinski definition) is 1. The van der Waals surface area contributed by atoms with E-state index in [0.29, 0.717) is 5.75 Å². The summed E-state index contributed by atoms with van der Waals surface area (Å²) in [6.45, 7) is 0.207. The third-order valence-electron chi connectivity index (χ3n) is 2.05. The molecule has 1 atom stereocenters. The van der Waals surface area contributed by atoms with E-state index in [0.717, 1.165) is 5.56 Å². The van der Waals surface area contributed by atoms with E-state index in [-0.39, 0.29) is 6.04 Å². The highest BCUT2D eigenvalue weighted by Gasteiger charge is 2.09. The van der Waals surface area contributed by atoms with Crippen LogP contribution in [-0.4, -0.2) is 19.5 Å². The molecule has 4 heteroatoms. The lowest BCUT2D eigenvalue weighted by Gasteiger charge is -2.13. The normalized spacial score (nSPS) is 12.9. The summed E-state index contributed by atoms with van der Waals surface area (Å²) in [4.78, 5) is 0. The van der Waals surface area contributed by atoms with Crippen LogP contribution in [0.4, 0.5) is 8.78 Å². The Bertz CT molecular complexity index is 283. The van der Waals surface area contributed by atoms with Crippen molar-refractivity contribution >= 4 is 0 Å². The van der Waals surface area contributed by atoms with Gasteiger partial charge in [-0.3, -0.25) is 0 Å². The van der Waals surface area contributed by atoms with E-state index in [9.17, 15) is 8.78 Å². The van der Waals surface area contributed by atoms with Crippen molar-refractivity contribution in [3.05, 3.63) is 29.8 Å². The molecule has 0 heterocycles. The molecule has 1 rings (SSSR count). The second-order valence-electron chi connectivity index (χ2n) is 3.41. The van der Waals surface area contributed by atoms with E-state index in [1.807, 2.05) is 6.92 Å². The molecule has 0 saturated heterocycles. The Kier molecular flexibility index (Phi) is 4.49. The minimum absolute atomic E-state index is 0.0582. The molecule has 1 aromatic rings. The Morgan fingerprint density at radius 2 is 1.73 bits per heavy atom. The quantitative estimate of drug-likeness (QED) is 0.818. The number of benzene rings is 1. The van der Waals surface area contributed by atoms with Gasteiger partial charge in [0, 0.05) is 6.04 Å². The van der Waals surface area contributed by atoms with Crippen molar-refractivity contribution in [3.8, 4) is 5.75 Å². The summed E-state index contributed by atoms with van der Waals surface area (Å²) in [5.41, 5.74) is 6.61.